The van der Waals surface area contributed by atoms with Crippen LogP contribution in [0.2, 0.25) is 0 Å². The Balaban J connectivity index is 1.87. The molecule has 0 aliphatic heterocycles. The Kier molecular flexibility index (Phi) is 5.53. The van der Waals surface area contributed by atoms with E-state index in [4.69, 9.17) is 14.8 Å². The van der Waals surface area contributed by atoms with Crippen molar-refractivity contribution < 1.29 is 30.3 Å². The van der Waals surface area contributed by atoms with Crippen molar-refractivity contribution in [1.29, 1.82) is 0 Å². The van der Waals surface area contributed by atoms with Crippen LogP contribution in [0.15, 0.2) is 52.3 Å². The fourth-order valence-corrected chi connectivity index (χ4v) is 3.44. The predicted octanol–water partition coefficient (Wildman–Crippen LogP) is 1.57. The molecule has 0 unspecified atom stereocenters. The molecule has 0 saturated heterocycles. The molecule has 3 rings (SSSR count). The molecule has 0 spiro atoms. The SMILES string of the molecule is Nc1cc(Nc2nc(F)nc(Nc3cccc(S(=O)(=O)O)c3)n2)ccc1S(=O)(=O)O. The molecule has 30 heavy (non-hydrogen) atoms. The van der Waals surface area contributed by atoms with Crippen LogP contribution < -0.4 is 16.4 Å². The van der Waals surface area contributed by atoms with Gasteiger partial charge in [0.1, 0.15) is 4.90 Å². The molecule has 0 bridgehead atoms. The number of benzene rings is 2. The van der Waals surface area contributed by atoms with Gasteiger partial charge in [0, 0.05) is 11.4 Å². The van der Waals surface area contributed by atoms with Crippen molar-refractivity contribution in [2.45, 2.75) is 9.79 Å². The van der Waals surface area contributed by atoms with Crippen LogP contribution >= 0.6 is 0 Å². The fraction of sp³-hybridized carbons (Fsp3) is 0. The summed E-state index contributed by atoms with van der Waals surface area (Å²) < 4.78 is 76.7. The topological polar surface area (TPSA) is 197 Å². The van der Waals surface area contributed by atoms with Gasteiger partial charge in [0.25, 0.3) is 20.2 Å². The van der Waals surface area contributed by atoms with Crippen molar-refractivity contribution in [3.8, 4) is 0 Å². The molecule has 0 atom stereocenters. The van der Waals surface area contributed by atoms with E-state index < -0.39 is 36.1 Å². The van der Waals surface area contributed by atoms with Crippen molar-refractivity contribution in [1.82, 2.24) is 15.0 Å². The Bertz CT molecular complexity index is 1330. The maximum Gasteiger partial charge on any atom is 0.315 e. The monoisotopic (exact) mass is 456 g/mol. The van der Waals surface area contributed by atoms with Gasteiger partial charge in [-0.3, -0.25) is 9.11 Å². The average molecular weight is 456 g/mol. The first-order chi connectivity index (χ1) is 13.9. The van der Waals surface area contributed by atoms with Gasteiger partial charge in [0.15, 0.2) is 0 Å². The smallest absolute Gasteiger partial charge is 0.315 e. The summed E-state index contributed by atoms with van der Waals surface area (Å²) in [5.41, 5.74) is 5.64. The molecule has 1 heterocycles. The van der Waals surface area contributed by atoms with Gasteiger partial charge in [-0.05, 0) is 36.4 Å². The van der Waals surface area contributed by atoms with Crippen molar-refractivity contribution in [2.24, 2.45) is 0 Å². The minimum atomic E-state index is -4.51. The van der Waals surface area contributed by atoms with Gasteiger partial charge in [-0.15, -0.1) is 0 Å². The van der Waals surface area contributed by atoms with Crippen LogP contribution in [0.1, 0.15) is 0 Å². The van der Waals surface area contributed by atoms with E-state index >= 15 is 0 Å². The maximum absolute atomic E-state index is 13.8. The molecule has 2 aromatic carbocycles. The Hall–Kier alpha value is -3.40. The molecule has 3 aromatic rings. The molecule has 0 aliphatic carbocycles. The summed E-state index contributed by atoms with van der Waals surface area (Å²) in [6.07, 6.45) is -1.18. The van der Waals surface area contributed by atoms with Crippen LogP contribution in [-0.2, 0) is 20.2 Å². The summed E-state index contributed by atoms with van der Waals surface area (Å²) in [4.78, 5) is 9.90. The number of nitrogens with zero attached hydrogens (tertiary/aromatic N) is 3. The van der Waals surface area contributed by atoms with Gasteiger partial charge in [0.05, 0.1) is 10.6 Å². The zero-order valence-electron chi connectivity index (χ0n) is 14.7. The molecule has 12 nitrogen and oxygen atoms in total. The maximum atomic E-state index is 13.8. The fourth-order valence-electron chi connectivity index (χ4n) is 2.32. The Morgan fingerprint density at radius 3 is 1.97 bits per heavy atom. The second kappa shape index (κ2) is 7.79. The molecule has 158 valence electrons. The van der Waals surface area contributed by atoms with E-state index in [2.05, 4.69) is 25.6 Å². The number of halogens is 1. The van der Waals surface area contributed by atoms with E-state index in [9.17, 15) is 21.2 Å². The lowest BCUT2D eigenvalue weighted by Crippen LogP contribution is -2.07. The number of hydrogen-bond donors (Lipinski definition) is 5. The van der Waals surface area contributed by atoms with E-state index in [0.717, 1.165) is 24.3 Å². The molecule has 6 N–H and O–H groups in total. The highest BCUT2D eigenvalue weighted by molar-refractivity contribution is 7.86. The quantitative estimate of drug-likeness (QED) is 0.265. The third-order valence-corrected chi connectivity index (χ3v) is 5.32. The van der Waals surface area contributed by atoms with E-state index in [0.29, 0.717) is 0 Å². The molecular formula is C15H13FN6O6S2. The summed E-state index contributed by atoms with van der Waals surface area (Å²) in [5.74, 6) is -0.574. The first-order valence-corrected chi connectivity index (χ1v) is 10.7. The second-order valence-corrected chi connectivity index (χ2v) is 8.54. The Morgan fingerprint density at radius 2 is 1.43 bits per heavy atom. The van der Waals surface area contributed by atoms with Crippen LogP contribution in [0.5, 0.6) is 0 Å². The lowest BCUT2D eigenvalue weighted by Gasteiger charge is -2.10. The number of nitrogens with one attached hydrogen (secondary N) is 2. The predicted molar refractivity (Wildman–Crippen MR) is 103 cm³/mol. The normalized spacial score (nSPS) is 11.8. The number of hydrogen-bond acceptors (Lipinski definition) is 10. The van der Waals surface area contributed by atoms with Gasteiger partial charge >= 0.3 is 6.08 Å². The zero-order chi connectivity index (χ0) is 22.1. The molecular weight excluding hydrogens is 443 g/mol. The number of nitrogens with two attached hydrogens (primary N) is 1. The van der Waals surface area contributed by atoms with Crippen LogP contribution in [-0.4, -0.2) is 40.9 Å². The van der Waals surface area contributed by atoms with E-state index in [1.807, 2.05) is 0 Å². The summed E-state index contributed by atoms with van der Waals surface area (Å²) in [6.45, 7) is 0. The highest BCUT2D eigenvalue weighted by Gasteiger charge is 2.15. The summed E-state index contributed by atoms with van der Waals surface area (Å²) in [7, 11) is -8.95. The van der Waals surface area contributed by atoms with Crippen LogP contribution in [0.3, 0.4) is 0 Å². The Morgan fingerprint density at radius 1 is 0.833 bits per heavy atom. The molecule has 15 heteroatoms. The van der Waals surface area contributed by atoms with Crippen LogP contribution in [0.4, 0.5) is 33.3 Å². The first-order valence-electron chi connectivity index (χ1n) is 7.82. The summed E-state index contributed by atoms with van der Waals surface area (Å²) in [6, 6.07) is 8.43. The van der Waals surface area contributed by atoms with Crippen molar-refractivity contribution in [2.75, 3.05) is 16.4 Å². The van der Waals surface area contributed by atoms with Gasteiger partial charge < -0.3 is 16.4 Å². The molecule has 0 saturated carbocycles. The average Bonchev–Trinajstić information content (AvgIpc) is 2.59. The molecule has 0 amide bonds. The number of aromatic nitrogens is 3. The Labute approximate surface area is 169 Å². The number of rotatable bonds is 6. The largest absolute Gasteiger partial charge is 0.398 e. The van der Waals surface area contributed by atoms with E-state index in [1.54, 1.807) is 0 Å². The van der Waals surface area contributed by atoms with Gasteiger partial charge in [-0.2, -0.15) is 36.2 Å². The van der Waals surface area contributed by atoms with Crippen molar-refractivity contribution >= 4 is 49.2 Å². The third-order valence-electron chi connectivity index (χ3n) is 3.54. The van der Waals surface area contributed by atoms with E-state index in [-0.39, 0.29) is 29.0 Å². The molecule has 0 radical (unpaired) electrons. The highest BCUT2D eigenvalue weighted by Crippen LogP contribution is 2.24. The lowest BCUT2D eigenvalue weighted by atomic mass is 10.3. The van der Waals surface area contributed by atoms with Crippen LogP contribution in [0.25, 0.3) is 0 Å². The summed E-state index contributed by atoms with van der Waals surface area (Å²) >= 11 is 0. The highest BCUT2D eigenvalue weighted by atomic mass is 32.2. The number of anilines is 5. The van der Waals surface area contributed by atoms with Gasteiger partial charge in [0.2, 0.25) is 11.9 Å². The second-order valence-electron chi connectivity index (χ2n) is 5.73. The minimum Gasteiger partial charge on any atom is -0.398 e. The first kappa shape index (κ1) is 21.3. The van der Waals surface area contributed by atoms with E-state index in [1.165, 1.54) is 18.2 Å². The van der Waals surface area contributed by atoms with Gasteiger partial charge in [-0.1, -0.05) is 6.07 Å². The van der Waals surface area contributed by atoms with Crippen molar-refractivity contribution in [3.63, 3.8) is 0 Å². The standard InChI is InChI=1S/C15H13FN6O6S2/c16-13-20-14(18-8-2-1-3-10(6-8)29(23,24)25)22-15(21-13)19-9-4-5-12(11(17)7-9)30(26,27)28/h1-7H,17H2,(H,23,24,25)(H,26,27,28)(H2,18,19,20,21,22). The van der Waals surface area contributed by atoms with Crippen molar-refractivity contribution in [3.05, 3.63) is 48.5 Å². The molecule has 0 fully saturated rings. The number of nitrogen functional groups attached to an aromatic ring is 1. The summed E-state index contributed by atoms with van der Waals surface area (Å²) in [5, 5.41) is 5.16. The lowest BCUT2D eigenvalue weighted by molar-refractivity contribution is 0.481. The molecule has 0 aliphatic rings. The minimum absolute atomic E-state index is 0.142. The third kappa shape index (κ3) is 5.15. The molecule has 1 aromatic heterocycles. The van der Waals surface area contributed by atoms with Gasteiger partial charge in [-0.25, -0.2) is 0 Å². The van der Waals surface area contributed by atoms with Crippen LogP contribution in [0, 0.1) is 6.08 Å². The zero-order valence-corrected chi connectivity index (χ0v) is 16.3.